The van der Waals surface area contributed by atoms with E-state index in [0.29, 0.717) is 12.4 Å². The van der Waals surface area contributed by atoms with Gasteiger partial charge in [-0.3, -0.25) is 10.1 Å². The number of imidazole rings is 1. The summed E-state index contributed by atoms with van der Waals surface area (Å²) in [4.78, 5) is 34.1. The lowest BCUT2D eigenvalue weighted by molar-refractivity contribution is -0.578. The molecule has 4 aromatic rings. The van der Waals surface area contributed by atoms with Crippen LogP contribution in [-0.4, -0.2) is 15.9 Å². The SMILES string of the molecule is Cc1cccc(-c2cnc(NC(=O)C3(C)CC4([NH+]=O)c5ccccc5C3c3ccccc34)[nH]2)c1. The molecule has 0 spiro atoms. The topological polar surface area (TPSA) is 88.8 Å². The fourth-order valence-corrected chi connectivity index (χ4v) is 6.07. The Morgan fingerprint density at radius 3 is 2.35 bits per heavy atom. The molecule has 168 valence electrons. The maximum Gasteiger partial charge on any atom is 0.259 e. The molecule has 1 unspecified atom stereocenters. The van der Waals surface area contributed by atoms with Crippen LogP contribution in [0.15, 0.2) is 79.0 Å². The predicted octanol–water partition coefficient (Wildman–Crippen LogP) is 3.97. The molecule has 34 heavy (non-hydrogen) atoms. The summed E-state index contributed by atoms with van der Waals surface area (Å²) in [7, 11) is 0. The number of nitroso groups, excluding NO2 is 1. The minimum atomic E-state index is -0.968. The highest BCUT2D eigenvalue weighted by atomic mass is 16.3. The number of benzene rings is 3. The molecule has 1 amide bonds. The molecule has 2 bridgehead atoms. The van der Waals surface area contributed by atoms with Crippen molar-refractivity contribution in [3.05, 3.63) is 112 Å². The quantitative estimate of drug-likeness (QED) is 0.440. The Morgan fingerprint density at radius 2 is 1.71 bits per heavy atom. The van der Waals surface area contributed by atoms with E-state index in [4.69, 9.17) is 0 Å². The van der Waals surface area contributed by atoms with Crippen molar-refractivity contribution in [1.29, 1.82) is 0 Å². The van der Waals surface area contributed by atoms with Gasteiger partial charge in [-0.2, -0.15) is 0 Å². The van der Waals surface area contributed by atoms with Crippen molar-refractivity contribution in [1.82, 2.24) is 9.97 Å². The number of aryl methyl sites for hydroxylation is 1. The molecule has 7 rings (SSSR count). The highest BCUT2D eigenvalue weighted by molar-refractivity contribution is 5.96. The van der Waals surface area contributed by atoms with Crippen LogP contribution in [0.1, 0.15) is 47.1 Å². The summed E-state index contributed by atoms with van der Waals surface area (Å²) < 4.78 is 0. The van der Waals surface area contributed by atoms with Gasteiger partial charge in [-0.1, -0.05) is 72.3 Å². The Balaban J connectivity index is 1.41. The zero-order valence-electron chi connectivity index (χ0n) is 19.1. The number of hydrogen-bond donors (Lipinski definition) is 3. The number of aromatic nitrogens is 2. The molecule has 1 aromatic heterocycles. The van der Waals surface area contributed by atoms with Crippen LogP contribution >= 0.6 is 0 Å². The number of rotatable bonds is 4. The standard InChI is InChI=1S/C28H24N4O2/c1-17-8-7-9-18(14-17)23-15-29-26(30-23)31-25(33)27(2)16-28(32-34)21-12-5-3-10-19(21)24(27)20-11-4-6-13-22(20)28/h3-15,24H,16H2,1-2H3,(H2,29,30,31,33)/p+1. The number of carbonyl (C=O) groups excluding carboxylic acids is 1. The number of nitrogens with zero attached hydrogens (tertiary/aromatic N) is 1. The van der Waals surface area contributed by atoms with Crippen molar-refractivity contribution in [2.45, 2.75) is 31.7 Å². The summed E-state index contributed by atoms with van der Waals surface area (Å²) in [6.45, 7) is 3.99. The van der Waals surface area contributed by atoms with Crippen molar-refractivity contribution in [3.8, 4) is 11.3 Å². The van der Waals surface area contributed by atoms with Crippen LogP contribution in [0.3, 0.4) is 0 Å². The molecule has 0 fully saturated rings. The number of anilines is 1. The Kier molecular flexibility index (Phi) is 4.36. The van der Waals surface area contributed by atoms with E-state index in [9.17, 15) is 9.70 Å². The van der Waals surface area contributed by atoms with Crippen molar-refractivity contribution in [3.63, 3.8) is 0 Å². The van der Waals surface area contributed by atoms with E-state index in [2.05, 4.69) is 26.5 Å². The zero-order chi connectivity index (χ0) is 23.5. The van der Waals surface area contributed by atoms with E-state index in [-0.39, 0.29) is 11.8 Å². The number of hydrogen-bond acceptors (Lipinski definition) is 3. The smallest absolute Gasteiger partial charge is 0.259 e. The lowest BCUT2D eigenvalue weighted by Gasteiger charge is -2.51. The summed E-state index contributed by atoms with van der Waals surface area (Å²) >= 11 is 0. The van der Waals surface area contributed by atoms with E-state index in [1.54, 1.807) is 6.20 Å². The zero-order valence-corrected chi connectivity index (χ0v) is 19.1. The van der Waals surface area contributed by atoms with Crippen molar-refractivity contribution < 1.29 is 9.97 Å². The van der Waals surface area contributed by atoms with Crippen LogP contribution in [0.4, 0.5) is 5.95 Å². The lowest BCUT2D eigenvalue weighted by Crippen LogP contribution is -2.84. The number of aromatic amines is 1. The molecule has 3 N–H and O–H groups in total. The van der Waals surface area contributed by atoms with E-state index >= 15 is 0 Å². The maximum absolute atomic E-state index is 13.9. The average molecular weight is 450 g/mol. The third-order valence-corrected chi connectivity index (χ3v) is 7.56. The fraction of sp³-hybridized carbons (Fsp3) is 0.214. The summed E-state index contributed by atoms with van der Waals surface area (Å²) in [5.74, 6) is 0.0717. The largest absolute Gasteiger partial charge is 0.324 e. The molecule has 3 aliphatic rings. The number of carbonyl (C=O) groups is 1. The molecule has 3 aromatic carbocycles. The van der Waals surface area contributed by atoms with Gasteiger partial charge in [0.05, 0.1) is 17.3 Å². The highest BCUT2D eigenvalue weighted by Gasteiger charge is 2.65. The summed E-state index contributed by atoms with van der Waals surface area (Å²) in [6.07, 6.45) is 2.09. The molecule has 0 saturated carbocycles. The Hall–Kier alpha value is -4.06. The molecule has 3 aliphatic carbocycles. The predicted molar refractivity (Wildman–Crippen MR) is 130 cm³/mol. The third-order valence-electron chi connectivity index (χ3n) is 7.56. The number of fused-ring (bicyclic) bond motifs is 1. The van der Waals surface area contributed by atoms with E-state index in [1.165, 1.54) is 0 Å². The van der Waals surface area contributed by atoms with Gasteiger partial charge in [0.1, 0.15) is 0 Å². The number of nitrogens with one attached hydrogen (secondary N) is 3. The Labute approximate surface area is 197 Å². The first-order valence-corrected chi connectivity index (χ1v) is 11.5. The fourth-order valence-electron chi connectivity index (χ4n) is 6.07. The molecule has 6 heteroatoms. The molecular formula is C28H25N4O2+. The van der Waals surface area contributed by atoms with Crippen LogP contribution in [-0.2, 0) is 10.3 Å². The summed E-state index contributed by atoms with van der Waals surface area (Å²) in [6, 6.07) is 24.0. The van der Waals surface area contributed by atoms with Gasteiger partial charge in [0.15, 0.2) is 0 Å². The first-order chi connectivity index (χ1) is 16.5. The molecular weight excluding hydrogens is 424 g/mol. The molecule has 6 nitrogen and oxygen atoms in total. The second-order valence-corrected chi connectivity index (χ2v) is 9.68. The molecule has 0 radical (unpaired) electrons. The van der Waals surface area contributed by atoms with Crippen molar-refractivity contribution in [2.75, 3.05) is 5.32 Å². The van der Waals surface area contributed by atoms with Gasteiger partial charge in [0, 0.05) is 28.4 Å². The molecule has 0 aliphatic heterocycles. The number of amides is 1. The Bertz CT molecular complexity index is 1410. The summed E-state index contributed by atoms with van der Waals surface area (Å²) in [5, 5.41) is 5.38. The van der Waals surface area contributed by atoms with Crippen LogP contribution in [0.2, 0.25) is 0 Å². The molecule has 1 atom stereocenters. The minimum absolute atomic E-state index is 0.161. The van der Waals surface area contributed by atoms with E-state index < -0.39 is 11.0 Å². The second kappa shape index (κ2) is 7.22. The Morgan fingerprint density at radius 1 is 1.03 bits per heavy atom. The second-order valence-electron chi connectivity index (χ2n) is 9.68. The minimum Gasteiger partial charge on any atom is -0.324 e. The third kappa shape index (κ3) is 2.75. The van der Waals surface area contributed by atoms with Gasteiger partial charge < -0.3 is 4.98 Å². The van der Waals surface area contributed by atoms with E-state index in [0.717, 1.165) is 39.1 Å². The monoisotopic (exact) mass is 449 g/mol. The van der Waals surface area contributed by atoms with Crippen LogP contribution in [0.25, 0.3) is 11.3 Å². The van der Waals surface area contributed by atoms with Gasteiger partial charge in [-0.05, 0) is 41.8 Å². The lowest BCUT2D eigenvalue weighted by atomic mass is 9.49. The number of H-pyrrole nitrogens is 1. The van der Waals surface area contributed by atoms with Gasteiger partial charge in [0.25, 0.3) is 5.54 Å². The van der Waals surface area contributed by atoms with Gasteiger partial charge in [-0.25, -0.2) is 4.98 Å². The first kappa shape index (κ1) is 20.5. The first-order valence-electron chi connectivity index (χ1n) is 11.5. The average Bonchev–Trinajstić information content (AvgIpc) is 3.32. The van der Waals surface area contributed by atoms with Crippen LogP contribution in [0.5, 0.6) is 0 Å². The van der Waals surface area contributed by atoms with E-state index in [1.807, 2.05) is 80.6 Å². The van der Waals surface area contributed by atoms with Gasteiger partial charge in [-0.15, -0.1) is 0 Å². The van der Waals surface area contributed by atoms with Crippen molar-refractivity contribution in [2.24, 2.45) is 5.41 Å². The highest BCUT2D eigenvalue weighted by Crippen LogP contribution is 2.61. The van der Waals surface area contributed by atoms with Gasteiger partial charge >= 0.3 is 0 Å². The summed E-state index contributed by atoms with van der Waals surface area (Å²) in [5.41, 5.74) is 5.13. The molecule has 0 saturated heterocycles. The van der Waals surface area contributed by atoms with Crippen molar-refractivity contribution >= 4 is 11.9 Å². The normalized spacial score (nSPS) is 24.2. The van der Waals surface area contributed by atoms with Crippen LogP contribution in [0, 0.1) is 17.2 Å². The van der Waals surface area contributed by atoms with Gasteiger partial charge in [0.2, 0.25) is 11.9 Å². The molecule has 1 heterocycles. The maximum atomic E-state index is 13.9. The van der Waals surface area contributed by atoms with Crippen LogP contribution < -0.4 is 10.5 Å².